The number of benzene rings is 1. The molecular weight excluding hydrogens is 394 g/mol. The van der Waals surface area contributed by atoms with Gasteiger partial charge in [0.15, 0.2) is 0 Å². The zero-order valence-corrected chi connectivity index (χ0v) is 18.5. The molecule has 0 aliphatic carbocycles. The summed E-state index contributed by atoms with van der Waals surface area (Å²) in [5.74, 6) is 0.917. The zero-order valence-electron chi connectivity index (χ0n) is 17.7. The van der Waals surface area contributed by atoms with Crippen LogP contribution >= 0.6 is 11.3 Å². The van der Waals surface area contributed by atoms with Gasteiger partial charge >= 0.3 is 0 Å². The number of aryl methyl sites for hydroxylation is 3. The van der Waals surface area contributed by atoms with E-state index in [2.05, 4.69) is 39.2 Å². The highest BCUT2D eigenvalue weighted by Crippen LogP contribution is 2.27. The number of aromatic nitrogens is 3. The predicted octanol–water partition coefficient (Wildman–Crippen LogP) is 4.06. The molecule has 2 aromatic heterocycles. The Morgan fingerprint density at radius 2 is 1.80 bits per heavy atom. The standard InChI is InChI=1S/C23H27N5OS/c1-15-6-4-5-7-20(15)22-27-19(14-30-22)13-24-21(29)18-8-10-28(11-9-18)23-25-16(2)12-17(3)26-23/h4-7,12,14,18H,8-11,13H2,1-3H3,(H,24,29). The second kappa shape index (κ2) is 8.92. The number of thiazole rings is 1. The Labute approximate surface area is 181 Å². The lowest BCUT2D eigenvalue weighted by Crippen LogP contribution is -2.41. The van der Waals surface area contributed by atoms with Crippen molar-refractivity contribution in [2.24, 2.45) is 5.92 Å². The lowest BCUT2D eigenvalue weighted by Gasteiger charge is -2.31. The molecule has 3 heterocycles. The van der Waals surface area contributed by atoms with Gasteiger partial charge in [0.1, 0.15) is 5.01 Å². The fourth-order valence-corrected chi connectivity index (χ4v) is 4.75. The number of carbonyl (C=O) groups excluding carboxylic acids is 1. The Morgan fingerprint density at radius 3 is 2.50 bits per heavy atom. The molecule has 1 fully saturated rings. The second-order valence-electron chi connectivity index (χ2n) is 7.89. The number of hydrogen-bond acceptors (Lipinski definition) is 6. The van der Waals surface area contributed by atoms with Crippen LogP contribution in [0.5, 0.6) is 0 Å². The largest absolute Gasteiger partial charge is 0.350 e. The summed E-state index contributed by atoms with van der Waals surface area (Å²) in [4.78, 5) is 28.6. The summed E-state index contributed by atoms with van der Waals surface area (Å²) in [6.45, 7) is 8.14. The van der Waals surface area contributed by atoms with Crippen LogP contribution in [0.2, 0.25) is 0 Å². The number of carbonyl (C=O) groups is 1. The van der Waals surface area contributed by atoms with Crippen LogP contribution in [-0.4, -0.2) is 33.9 Å². The van der Waals surface area contributed by atoms with Gasteiger partial charge in [0.2, 0.25) is 11.9 Å². The van der Waals surface area contributed by atoms with E-state index < -0.39 is 0 Å². The number of rotatable bonds is 5. The van der Waals surface area contributed by atoms with Crippen molar-refractivity contribution < 1.29 is 4.79 Å². The van der Waals surface area contributed by atoms with Crippen LogP contribution in [0, 0.1) is 26.7 Å². The fraction of sp³-hybridized carbons (Fsp3) is 0.391. The third kappa shape index (κ3) is 4.67. The van der Waals surface area contributed by atoms with Crippen LogP contribution in [0.4, 0.5) is 5.95 Å². The number of anilines is 1. The van der Waals surface area contributed by atoms with Gasteiger partial charge in [0, 0.05) is 41.3 Å². The van der Waals surface area contributed by atoms with Crippen molar-refractivity contribution in [3.05, 3.63) is 58.4 Å². The molecule has 0 radical (unpaired) electrons. The van der Waals surface area contributed by atoms with E-state index in [1.807, 2.05) is 37.4 Å². The van der Waals surface area contributed by atoms with Gasteiger partial charge in [-0.05, 0) is 45.2 Å². The van der Waals surface area contributed by atoms with E-state index in [-0.39, 0.29) is 11.8 Å². The summed E-state index contributed by atoms with van der Waals surface area (Å²) in [5, 5.41) is 6.11. The Kier molecular flexibility index (Phi) is 6.08. The zero-order chi connectivity index (χ0) is 21.1. The van der Waals surface area contributed by atoms with Gasteiger partial charge in [0.05, 0.1) is 12.2 Å². The SMILES string of the molecule is Cc1cc(C)nc(N2CCC(C(=O)NCc3csc(-c4ccccc4C)n3)CC2)n1. The molecule has 1 N–H and O–H groups in total. The molecular formula is C23H27N5OS. The molecule has 0 spiro atoms. The van der Waals surface area contributed by atoms with Crippen molar-refractivity contribution in [2.45, 2.75) is 40.2 Å². The van der Waals surface area contributed by atoms with Crippen LogP contribution < -0.4 is 10.2 Å². The van der Waals surface area contributed by atoms with Gasteiger partial charge in [-0.15, -0.1) is 11.3 Å². The highest BCUT2D eigenvalue weighted by atomic mass is 32.1. The molecule has 1 amide bonds. The average molecular weight is 422 g/mol. The summed E-state index contributed by atoms with van der Waals surface area (Å²) in [6, 6.07) is 10.2. The normalized spacial score (nSPS) is 14.7. The lowest BCUT2D eigenvalue weighted by atomic mass is 9.96. The smallest absolute Gasteiger partial charge is 0.225 e. The summed E-state index contributed by atoms with van der Waals surface area (Å²) < 4.78 is 0. The van der Waals surface area contributed by atoms with Crippen molar-refractivity contribution in [2.75, 3.05) is 18.0 Å². The van der Waals surface area contributed by atoms with Crippen molar-refractivity contribution in [1.29, 1.82) is 0 Å². The van der Waals surface area contributed by atoms with Gasteiger partial charge in [-0.2, -0.15) is 0 Å². The van der Waals surface area contributed by atoms with E-state index in [9.17, 15) is 4.79 Å². The molecule has 0 bridgehead atoms. The van der Waals surface area contributed by atoms with Crippen molar-refractivity contribution >= 4 is 23.2 Å². The molecule has 4 rings (SSSR count). The van der Waals surface area contributed by atoms with E-state index in [4.69, 9.17) is 4.98 Å². The highest BCUT2D eigenvalue weighted by Gasteiger charge is 2.26. The average Bonchev–Trinajstić information content (AvgIpc) is 3.20. The first-order valence-electron chi connectivity index (χ1n) is 10.3. The number of piperidine rings is 1. The van der Waals surface area contributed by atoms with E-state index in [0.29, 0.717) is 6.54 Å². The molecule has 0 unspecified atom stereocenters. The molecule has 1 aromatic carbocycles. The third-order valence-electron chi connectivity index (χ3n) is 5.49. The number of nitrogens with zero attached hydrogens (tertiary/aromatic N) is 4. The molecule has 6 nitrogen and oxygen atoms in total. The first-order chi connectivity index (χ1) is 14.5. The van der Waals surface area contributed by atoms with Gasteiger partial charge < -0.3 is 10.2 Å². The molecule has 7 heteroatoms. The first-order valence-corrected chi connectivity index (χ1v) is 11.2. The molecule has 156 valence electrons. The van der Waals surface area contributed by atoms with Gasteiger partial charge in [-0.3, -0.25) is 4.79 Å². The summed E-state index contributed by atoms with van der Waals surface area (Å²) in [7, 11) is 0. The van der Waals surface area contributed by atoms with E-state index >= 15 is 0 Å². The lowest BCUT2D eigenvalue weighted by molar-refractivity contribution is -0.125. The maximum absolute atomic E-state index is 12.7. The summed E-state index contributed by atoms with van der Waals surface area (Å²) in [5.41, 5.74) is 5.23. The predicted molar refractivity (Wildman–Crippen MR) is 121 cm³/mol. The van der Waals surface area contributed by atoms with E-state index in [1.54, 1.807) is 11.3 Å². The third-order valence-corrected chi connectivity index (χ3v) is 6.41. The topological polar surface area (TPSA) is 71.0 Å². The van der Waals surface area contributed by atoms with Gasteiger partial charge in [0.25, 0.3) is 0 Å². The van der Waals surface area contributed by atoms with Crippen LogP contribution in [0.3, 0.4) is 0 Å². The number of hydrogen-bond donors (Lipinski definition) is 1. The summed E-state index contributed by atoms with van der Waals surface area (Å²) in [6.07, 6.45) is 1.63. The molecule has 3 aromatic rings. The molecule has 1 saturated heterocycles. The molecule has 30 heavy (non-hydrogen) atoms. The van der Waals surface area contributed by atoms with E-state index in [1.165, 1.54) is 5.56 Å². The Hall–Kier alpha value is -2.80. The van der Waals surface area contributed by atoms with Crippen molar-refractivity contribution in [3.8, 4) is 10.6 Å². The maximum atomic E-state index is 12.7. The van der Waals surface area contributed by atoms with Crippen LogP contribution in [-0.2, 0) is 11.3 Å². The Balaban J connectivity index is 1.30. The molecule has 1 aliphatic heterocycles. The minimum Gasteiger partial charge on any atom is -0.350 e. The number of amides is 1. The fourth-order valence-electron chi connectivity index (χ4n) is 3.84. The monoisotopic (exact) mass is 421 g/mol. The minimum absolute atomic E-state index is 0.0293. The Bertz CT molecular complexity index is 1020. The number of nitrogens with one attached hydrogen (secondary N) is 1. The second-order valence-corrected chi connectivity index (χ2v) is 8.75. The Morgan fingerprint density at radius 1 is 1.10 bits per heavy atom. The first kappa shape index (κ1) is 20.5. The van der Waals surface area contributed by atoms with E-state index in [0.717, 1.165) is 59.5 Å². The van der Waals surface area contributed by atoms with Crippen LogP contribution in [0.15, 0.2) is 35.7 Å². The molecule has 0 atom stereocenters. The van der Waals surface area contributed by atoms with Gasteiger partial charge in [-0.1, -0.05) is 24.3 Å². The van der Waals surface area contributed by atoms with Crippen LogP contribution in [0.1, 0.15) is 35.5 Å². The quantitative estimate of drug-likeness (QED) is 0.673. The van der Waals surface area contributed by atoms with Crippen molar-refractivity contribution in [1.82, 2.24) is 20.3 Å². The summed E-state index contributed by atoms with van der Waals surface area (Å²) >= 11 is 1.62. The maximum Gasteiger partial charge on any atom is 0.225 e. The molecule has 1 aliphatic rings. The highest BCUT2D eigenvalue weighted by molar-refractivity contribution is 7.13. The molecule has 0 saturated carbocycles. The minimum atomic E-state index is 0.0293. The van der Waals surface area contributed by atoms with Crippen molar-refractivity contribution in [3.63, 3.8) is 0 Å². The van der Waals surface area contributed by atoms with Gasteiger partial charge in [-0.25, -0.2) is 15.0 Å². The van der Waals surface area contributed by atoms with Crippen LogP contribution in [0.25, 0.3) is 10.6 Å².